The second-order valence-electron chi connectivity index (χ2n) is 6.29. The lowest BCUT2D eigenvalue weighted by Gasteiger charge is -2.24. The smallest absolute Gasteiger partial charge is 0.338 e. The summed E-state index contributed by atoms with van der Waals surface area (Å²) in [4.78, 5) is 23.0. The van der Waals surface area contributed by atoms with Gasteiger partial charge in [0.05, 0.1) is 16.1 Å². The second-order valence-corrected chi connectivity index (χ2v) is 8.10. The molecule has 0 unspecified atom stereocenters. The lowest BCUT2D eigenvalue weighted by molar-refractivity contribution is -0.120. The van der Waals surface area contributed by atoms with Crippen LogP contribution in [-0.2, 0) is 26.0 Å². The Labute approximate surface area is 152 Å². The van der Waals surface area contributed by atoms with Crippen molar-refractivity contribution < 1.29 is 22.7 Å². The van der Waals surface area contributed by atoms with Gasteiger partial charge in [0.1, 0.15) is 6.61 Å². The monoisotopic (exact) mass is 373 g/mol. The van der Waals surface area contributed by atoms with Crippen molar-refractivity contribution in [2.75, 3.05) is 10.9 Å². The zero-order valence-electron chi connectivity index (χ0n) is 14.5. The number of hydrogen-bond acceptors (Lipinski definition) is 5. The molecular weight excluding hydrogens is 354 g/mol. The number of para-hydroxylation sites is 1. The standard InChI is InChI=1S/C19H19NO5S/c1-13-10-15-6-3-4-9-18(15)20(13)26(23,24)17-8-5-7-16(11-17)19(22)25-12-14(2)21/h3-9,11,13H,10,12H2,1-2H3/t13-/m0/s1. The van der Waals surface area contributed by atoms with Crippen LogP contribution in [0.15, 0.2) is 53.4 Å². The molecule has 26 heavy (non-hydrogen) atoms. The molecule has 0 spiro atoms. The average molecular weight is 373 g/mol. The quantitative estimate of drug-likeness (QED) is 0.753. The predicted molar refractivity (Wildman–Crippen MR) is 96.7 cm³/mol. The van der Waals surface area contributed by atoms with E-state index in [2.05, 4.69) is 0 Å². The maximum Gasteiger partial charge on any atom is 0.338 e. The van der Waals surface area contributed by atoms with Crippen LogP contribution in [0.3, 0.4) is 0 Å². The Morgan fingerprint density at radius 3 is 2.62 bits per heavy atom. The minimum absolute atomic E-state index is 0.0123. The van der Waals surface area contributed by atoms with Crippen LogP contribution in [0.5, 0.6) is 0 Å². The van der Waals surface area contributed by atoms with E-state index in [-0.39, 0.29) is 28.9 Å². The van der Waals surface area contributed by atoms with Gasteiger partial charge in [-0.25, -0.2) is 13.2 Å². The zero-order valence-corrected chi connectivity index (χ0v) is 15.3. The number of nitrogens with zero attached hydrogens (tertiary/aromatic N) is 1. The van der Waals surface area contributed by atoms with Crippen LogP contribution in [0.25, 0.3) is 0 Å². The number of fused-ring (bicyclic) bond motifs is 1. The SMILES string of the molecule is CC(=O)COC(=O)c1cccc(S(=O)(=O)N2c3ccccc3C[C@@H]2C)c1. The molecule has 0 aliphatic carbocycles. The Hall–Kier alpha value is -2.67. The van der Waals surface area contributed by atoms with E-state index in [0.29, 0.717) is 12.1 Å². The number of ether oxygens (including phenoxy) is 1. The number of benzene rings is 2. The molecule has 0 saturated heterocycles. The maximum absolute atomic E-state index is 13.2. The third-order valence-corrected chi connectivity index (χ3v) is 6.10. The third-order valence-electron chi connectivity index (χ3n) is 4.18. The highest BCUT2D eigenvalue weighted by Gasteiger charge is 2.36. The third kappa shape index (κ3) is 3.35. The molecule has 136 valence electrons. The number of carbonyl (C=O) groups is 2. The van der Waals surface area contributed by atoms with E-state index in [1.165, 1.54) is 35.5 Å². The van der Waals surface area contributed by atoms with Crippen LogP contribution < -0.4 is 4.31 Å². The largest absolute Gasteiger partial charge is 0.454 e. The first-order valence-corrected chi connectivity index (χ1v) is 9.63. The zero-order chi connectivity index (χ0) is 18.9. The van der Waals surface area contributed by atoms with Gasteiger partial charge in [-0.1, -0.05) is 24.3 Å². The summed E-state index contributed by atoms with van der Waals surface area (Å²) in [6.45, 7) is 2.81. The number of Topliss-reactive ketones (excluding diaryl/α,β-unsaturated/α-hetero) is 1. The molecule has 1 aliphatic heterocycles. The van der Waals surface area contributed by atoms with Crippen molar-refractivity contribution in [2.24, 2.45) is 0 Å². The molecule has 0 saturated carbocycles. The number of ketones is 1. The van der Waals surface area contributed by atoms with Crippen molar-refractivity contribution in [3.63, 3.8) is 0 Å². The highest BCUT2D eigenvalue weighted by atomic mass is 32.2. The Balaban J connectivity index is 1.95. The lowest BCUT2D eigenvalue weighted by Crippen LogP contribution is -2.35. The summed E-state index contributed by atoms with van der Waals surface area (Å²) in [5, 5.41) is 0. The van der Waals surface area contributed by atoms with Gasteiger partial charge < -0.3 is 4.74 Å². The van der Waals surface area contributed by atoms with Gasteiger partial charge in [0.15, 0.2) is 5.78 Å². The molecule has 0 bridgehead atoms. The van der Waals surface area contributed by atoms with E-state index >= 15 is 0 Å². The van der Waals surface area contributed by atoms with Crippen LogP contribution in [0.1, 0.15) is 29.8 Å². The summed E-state index contributed by atoms with van der Waals surface area (Å²) in [5.41, 5.74) is 1.72. The molecule has 2 aromatic carbocycles. The molecule has 0 N–H and O–H groups in total. The molecule has 1 aliphatic rings. The van der Waals surface area contributed by atoms with Crippen molar-refractivity contribution in [1.29, 1.82) is 0 Å². The number of sulfonamides is 1. The first-order chi connectivity index (χ1) is 12.3. The van der Waals surface area contributed by atoms with Crippen LogP contribution in [-0.4, -0.2) is 32.8 Å². The fourth-order valence-electron chi connectivity index (χ4n) is 3.05. The maximum atomic E-state index is 13.2. The normalized spacial score (nSPS) is 16.2. The van der Waals surface area contributed by atoms with E-state index in [9.17, 15) is 18.0 Å². The molecule has 1 heterocycles. The summed E-state index contributed by atoms with van der Waals surface area (Å²) < 4.78 is 32.6. The Morgan fingerprint density at radius 2 is 1.88 bits per heavy atom. The number of anilines is 1. The summed E-state index contributed by atoms with van der Waals surface area (Å²) in [6, 6.07) is 12.8. The van der Waals surface area contributed by atoms with E-state index in [1.54, 1.807) is 12.1 Å². The van der Waals surface area contributed by atoms with Crippen molar-refractivity contribution >= 4 is 27.5 Å². The van der Waals surface area contributed by atoms with Crippen LogP contribution in [0.4, 0.5) is 5.69 Å². The molecule has 1 atom stereocenters. The number of carbonyl (C=O) groups excluding carboxylic acids is 2. The number of esters is 1. The van der Waals surface area contributed by atoms with Crippen LogP contribution in [0.2, 0.25) is 0 Å². The molecular formula is C19H19NO5S. The van der Waals surface area contributed by atoms with Gasteiger partial charge in [0.25, 0.3) is 10.0 Å². The van der Waals surface area contributed by atoms with Crippen molar-refractivity contribution in [3.05, 3.63) is 59.7 Å². The van der Waals surface area contributed by atoms with E-state index in [0.717, 1.165) is 5.56 Å². The topological polar surface area (TPSA) is 80.8 Å². The van der Waals surface area contributed by atoms with E-state index < -0.39 is 16.0 Å². The highest BCUT2D eigenvalue weighted by molar-refractivity contribution is 7.92. The molecule has 7 heteroatoms. The summed E-state index contributed by atoms with van der Waals surface area (Å²) in [6.07, 6.45) is 0.635. The number of rotatable bonds is 5. The fraction of sp³-hybridized carbons (Fsp3) is 0.263. The molecule has 0 aromatic heterocycles. The van der Waals surface area contributed by atoms with Gasteiger partial charge in [-0.15, -0.1) is 0 Å². The van der Waals surface area contributed by atoms with E-state index in [4.69, 9.17) is 4.74 Å². The van der Waals surface area contributed by atoms with Crippen LogP contribution in [0, 0.1) is 0 Å². The van der Waals surface area contributed by atoms with Gasteiger partial charge in [-0.3, -0.25) is 9.10 Å². The first kappa shape index (κ1) is 18.1. The van der Waals surface area contributed by atoms with Crippen molar-refractivity contribution in [1.82, 2.24) is 0 Å². The lowest BCUT2D eigenvalue weighted by atomic mass is 10.1. The van der Waals surface area contributed by atoms with Gasteiger partial charge in [-0.05, 0) is 50.1 Å². The molecule has 2 aromatic rings. The molecule has 3 rings (SSSR count). The minimum Gasteiger partial charge on any atom is -0.454 e. The van der Waals surface area contributed by atoms with Gasteiger partial charge >= 0.3 is 5.97 Å². The predicted octanol–water partition coefficient (Wildman–Crippen LogP) is 2.57. The molecule has 0 amide bonds. The molecule has 0 fully saturated rings. The summed E-state index contributed by atoms with van der Waals surface area (Å²) in [5.74, 6) is -1.02. The first-order valence-electron chi connectivity index (χ1n) is 8.19. The Kier molecular flexibility index (Phi) is 4.82. The minimum atomic E-state index is -3.83. The molecule has 6 nitrogen and oxygen atoms in total. The number of hydrogen-bond donors (Lipinski definition) is 0. The Bertz CT molecular complexity index is 967. The van der Waals surface area contributed by atoms with Crippen molar-refractivity contribution in [3.8, 4) is 0 Å². The van der Waals surface area contributed by atoms with Gasteiger partial charge in [0, 0.05) is 6.04 Å². The summed E-state index contributed by atoms with van der Waals surface area (Å²) in [7, 11) is -3.83. The van der Waals surface area contributed by atoms with Crippen LogP contribution >= 0.6 is 0 Å². The fourth-order valence-corrected chi connectivity index (χ4v) is 4.79. The van der Waals surface area contributed by atoms with Crippen molar-refractivity contribution in [2.45, 2.75) is 31.2 Å². The second kappa shape index (κ2) is 6.92. The van der Waals surface area contributed by atoms with Gasteiger partial charge in [-0.2, -0.15) is 0 Å². The Morgan fingerprint density at radius 1 is 1.15 bits per heavy atom. The average Bonchev–Trinajstić information content (AvgIpc) is 2.96. The van der Waals surface area contributed by atoms with Gasteiger partial charge in [0.2, 0.25) is 0 Å². The summed E-state index contributed by atoms with van der Waals surface area (Å²) >= 11 is 0. The highest BCUT2D eigenvalue weighted by Crippen LogP contribution is 2.36. The molecule has 0 radical (unpaired) electrons. The van der Waals surface area contributed by atoms with E-state index in [1.807, 2.05) is 19.1 Å².